The first kappa shape index (κ1) is 27.8. The monoisotopic (exact) mass is 529 g/mol. The number of aliphatic hydroxyl groups is 1. The van der Waals surface area contributed by atoms with Crippen molar-refractivity contribution >= 4 is 17.4 Å². The van der Waals surface area contributed by atoms with Gasteiger partial charge in [-0.1, -0.05) is 31.2 Å². The first-order chi connectivity index (χ1) is 18.7. The molecule has 0 saturated carbocycles. The highest BCUT2D eigenvalue weighted by Gasteiger charge is 2.46. The molecular formula is C32H35NO6. The fourth-order valence-corrected chi connectivity index (χ4v) is 4.67. The molecule has 1 N–H and O–H groups in total. The Morgan fingerprint density at radius 1 is 1.00 bits per heavy atom. The van der Waals surface area contributed by atoms with Crippen LogP contribution < -0.4 is 14.2 Å². The molecule has 3 aromatic rings. The number of aryl methyl sites for hydroxylation is 1. The molecule has 7 nitrogen and oxygen atoms in total. The van der Waals surface area contributed by atoms with Crippen molar-refractivity contribution in [2.75, 3.05) is 13.7 Å². The largest absolute Gasteiger partial charge is 0.507 e. The Morgan fingerprint density at radius 3 is 2.38 bits per heavy atom. The van der Waals surface area contributed by atoms with Crippen molar-refractivity contribution in [2.24, 2.45) is 0 Å². The molecule has 0 bridgehead atoms. The van der Waals surface area contributed by atoms with Crippen molar-refractivity contribution in [1.82, 2.24) is 4.90 Å². The number of benzene rings is 3. The number of rotatable bonds is 10. The molecule has 0 aliphatic carbocycles. The van der Waals surface area contributed by atoms with Gasteiger partial charge in [0, 0.05) is 12.1 Å². The van der Waals surface area contributed by atoms with Crippen LogP contribution >= 0.6 is 0 Å². The summed E-state index contributed by atoms with van der Waals surface area (Å²) in [5, 5.41) is 11.5. The maximum Gasteiger partial charge on any atom is 0.295 e. The molecular weight excluding hydrogens is 494 g/mol. The number of likely N-dealkylation sites (tertiary alicyclic amines) is 1. The Morgan fingerprint density at radius 2 is 1.74 bits per heavy atom. The van der Waals surface area contributed by atoms with Crippen LogP contribution in [0, 0.1) is 6.92 Å². The predicted octanol–water partition coefficient (Wildman–Crippen LogP) is 6.20. The van der Waals surface area contributed by atoms with Gasteiger partial charge in [0.15, 0.2) is 0 Å². The van der Waals surface area contributed by atoms with Gasteiger partial charge in [-0.2, -0.15) is 0 Å². The zero-order valence-electron chi connectivity index (χ0n) is 23.1. The van der Waals surface area contributed by atoms with Crippen molar-refractivity contribution in [3.05, 3.63) is 94.6 Å². The number of methoxy groups -OCH3 is 1. The van der Waals surface area contributed by atoms with Gasteiger partial charge in [0.2, 0.25) is 0 Å². The van der Waals surface area contributed by atoms with Gasteiger partial charge in [0.25, 0.3) is 11.7 Å². The normalized spacial score (nSPS) is 16.6. The van der Waals surface area contributed by atoms with E-state index in [1.807, 2.05) is 76.2 Å². The number of Topliss-reactive ketones (excluding diaryl/α,β-unsaturated/α-hetero) is 1. The van der Waals surface area contributed by atoms with Crippen LogP contribution in [0.5, 0.6) is 17.2 Å². The third-order valence-corrected chi connectivity index (χ3v) is 6.51. The number of carbonyl (C=O) groups is 2. The summed E-state index contributed by atoms with van der Waals surface area (Å²) in [6, 6.07) is 19.1. The Kier molecular flexibility index (Phi) is 8.59. The third kappa shape index (κ3) is 6.08. The number of carbonyl (C=O) groups excluding carboxylic acids is 2. The highest BCUT2D eigenvalue weighted by Crippen LogP contribution is 2.41. The fraction of sp³-hybridized carbons (Fsp3) is 0.312. The lowest BCUT2D eigenvalue weighted by Crippen LogP contribution is -2.29. The molecule has 1 saturated heterocycles. The molecule has 0 aromatic heterocycles. The zero-order chi connectivity index (χ0) is 28.1. The number of ether oxygens (including phenoxy) is 3. The molecule has 4 rings (SSSR count). The average molecular weight is 530 g/mol. The van der Waals surface area contributed by atoms with Gasteiger partial charge in [-0.25, -0.2) is 0 Å². The van der Waals surface area contributed by atoms with Crippen molar-refractivity contribution in [3.63, 3.8) is 0 Å². The molecule has 3 aromatic carbocycles. The maximum atomic E-state index is 13.5. The van der Waals surface area contributed by atoms with Gasteiger partial charge in [0.05, 0.1) is 31.4 Å². The summed E-state index contributed by atoms with van der Waals surface area (Å²) in [5.41, 5.74) is 2.80. The topological polar surface area (TPSA) is 85.3 Å². The molecule has 39 heavy (non-hydrogen) atoms. The van der Waals surface area contributed by atoms with Crippen molar-refractivity contribution in [1.29, 1.82) is 0 Å². The summed E-state index contributed by atoms with van der Waals surface area (Å²) >= 11 is 0. The zero-order valence-corrected chi connectivity index (χ0v) is 23.1. The summed E-state index contributed by atoms with van der Waals surface area (Å²) in [6.45, 7) is 8.53. The summed E-state index contributed by atoms with van der Waals surface area (Å²) in [5.74, 6) is 0.389. The van der Waals surface area contributed by atoms with E-state index in [0.717, 1.165) is 17.5 Å². The van der Waals surface area contributed by atoms with Gasteiger partial charge in [0.1, 0.15) is 23.0 Å². The molecule has 1 unspecified atom stereocenters. The lowest BCUT2D eigenvalue weighted by atomic mass is 9.94. The highest BCUT2D eigenvalue weighted by atomic mass is 16.5. The lowest BCUT2D eigenvalue weighted by Gasteiger charge is -2.26. The molecule has 0 radical (unpaired) electrons. The number of hydrogen-bond acceptors (Lipinski definition) is 6. The van der Waals surface area contributed by atoms with E-state index >= 15 is 0 Å². The molecule has 1 aliphatic rings. The van der Waals surface area contributed by atoms with Crippen LogP contribution in [0.15, 0.2) is 72.3 Å². The predicted molar refractivity (Wildman–Crippen MR) is 150 cm³/mol. The summed E-state index contributed by atoms with van der Waals surface area (Å²) in [7, 11) is 1.59. The minimum atomic E-state index is -0.806. The van der Waals surface area contributed by atoms with Gasteiger partial charge in [-0.3, -0.25) is 9.59 Å². The van der Waals surface area contributed by atoms with E-state index in [0.29, 0.717) is 35.0 Å². The number of hydrogen-bond donors (Lipinski definition) is 1. The van der Waals surface area contributed by atoms with Crippen LogP contribution in [-0.4, -0.2) is 41.5 Å². The molecule has 7 heteroatoms. The highest BCUT2D eigenvalue weighted by molar-refractivity contribution is 6.46. The second-order valence-corrected chi connectivity index (χ2v) is 9.84. The SMILES string of the molecule is CCCOc1ccc(/C(O)=C2\C(=O)C(=O)N(Cc3ccc(OC)cc3)C2c2cccc(OC(C)C)c2)cc1C. The quantitative estimate of drug-likeness (QED) is 0.191. The number of aliphatic hydroxyl groups excluding tert-OH is 1. The van der Waals surface area contributed by atoms with E-state index in [2.05, 4.69) is 0 Å². The average Bonchev–Trinajstić information content (AvgIpc) is 3.17. The first-order valence-corrected chi connectivity index (χ1v) is 13.1. The number of amides is 1. The lowest BCUT2D eigenvalue weighted by molar-refractivity contribution is -0.140. The van der Waals surface area contributed by atoms with Crippen LogP contribution in [0.4, 0.5) is 0 Å². The Labute approximate surface area is 229 Å². The molecule has 1 aliphatic heterocycles. The van der Waals surface area contributed by atoms with Crippen molar-refractivity contribution in [2.45, 2.75) is 52.8 Å². The second-order valence-electron chi connectivity index (χ2n) is 9.84. The Balaban J connectivity index is 1.81. The second kappa shape index (κ2) is 12.1. The standard InChI is InChI=1S/C32H35NO6/c1-6-16-38-27-15-12-24(17-21(27)4)30(34)28-29(23-8-7-9-26(18-23)39-20(2)3)33(32(36)31(28)35)19-22-10-13-25(37-5)14-11-22/h7-15,17-18,20,29,34H,6,16,19H2,1-5H3/b30-28+. The molecule has 0 spiro atoms. The van der Waals surface area contributed by atoms with E-state index in [-0.39, 0.29) is 24.0 Å². The van der Waals surface area contributed by atoms with Gasteiger partial charge < -0.3 is 24.2 Å². The summed E-state index contributed by atoms with van der Waals surface area (Å²) in [4.78, 5) is 28.4. The van der Waals surface area contributed by atoms with Crippen LogP contribution in [0.3, 0.4) is 0 Å². The smallest absolute Gasteiger partial charge is 0.295 e. The summed E-state index contributed by atoms with van der Waals surface area (Å²) < 4.78 is 16.9. The van der Waals surface area contributed by atoms with E-state index in [9.17, 15) is 14.7 Å². The molecule has 1 fully saturated rings. The molecule has 1 heterocycles. The van der Waals surface area contributed by atoms with Gasteiger partial charge >= 0.3 is 0 Å². The molecule has 204 valence electrons. The third-order valence-electron chi connectivity index (χ3n) is 6.51. The van der Waals surface area contributed by atoms with Crippen molar-refractivity contribution in [3.8, 4) is 17.2 Å². The number of ketones is 1. The van der Waals surface area contributed by atoms with Crippen LogP contribution in [0.25, 0.3) is 5.76 Å². The minimum Gasteiger partial charge on any atom is -0.507 e. The van der Waals surface area contributed by atoms with Gasteiger partial charge in [-0.15, -0.1) is 0 Å². The maximum absolute atomic E-state index is 13.5. The Bertz CT molecular complexity index is 1380. The van der Waals surface area contributed by atoms with Crippen LogP contribution in [0.1, 0.15) is 55.5 Å². The van der Waals surface area contributed by atoms with E-state index in [1.54, 1.807) is 25.3 Å². The Hall–Kier alpha value is -4.26. The van der Waals surface area contributed by atoms with E-state index in [1.165, 1.54) is 4.90 Å². The molecule has 1 atom stereocenters. The fourth-order valence-electron chi connectivity index (χ4n) is 4.67. The van der Waals surface area contributed by atoms with Crippen LogP contribution in [0.2, 0.25) is 0 Å². The summed E-state index contributed by atoms with van der Waals surface area (Å²) in [6.07, 6.45) is 0.820. The number of nitrogens with zero attached hydrogens (tertiary/aromatic N) is 1. The van der Waals surface area contributed by atoms with E-state index in [4.69, 9.17) is 14.2 Å². The van der Waals surface area contributed by atoms with Gasteiger partial charge in [-0.05, 0) is 86.3 Å². The first-order valence-electron chi connectivity index (χ1n) is 13.1. The van der Waals surface area contributed by atoms with Crippen LogP contribution in [-0.2, 0) is 16.1 Å². The van der Waals surface area contributed by atoms with E-state index < -0.39 is 17.7 Å². The van der Waals surface area contributed by atoms with Crippen molar-refractivity contribution < 1.29 is 28.9 Å². The molecule has 1 amide bonds. The minimum absolute atomic E-state index is 0.0387.